The normalized spacial score (nSPS) is 14.6. The van der Waals surface area contributed by atoms with Gasteiger partial charge in [-0.3, -0.25) is 0 Å². The van der Waals surface area contributed by atoms with E-state index in [1.54, 1.807) is 31.2 Å². The molecule has 19 heavy (non-hydrogen) atoms. The number of benzene rings is 1. The van der Waals surface area contributed by atoms with E-state index in [-0.39, 0.29) is 5.84 Å². The maximum Gasteiger partial charge on any atom is 0.320 e. The number of amidine groups is 1. The van der Waals surface area contributed by atoms with Crippen molar-refractivity contribution >= 4 is 29.2 Å². The van der Waals surface area contributed by atoms with Gasteiger partial charge in [0.25, 0.3) is 0 Å². The zero-order valence-electron chi connectivity index (χ0n) is 10.8. The highest BCUT2D eigenvalue weighted by atomic mass is 35.5. The van der Waals surface area contributed by atoms with Gasteiger partial charge in [-0.15, -0.1) is 0 Å². The van der Waals surface area contributed by atoms with Gasteiger partial charge in [-0.2, -0.15) is 0 Å². The number of oxime groups is 1. The molecule has 0 aromatic heterocycles. The molecule has 1 aromatic carbocycles. The van der Waals surface area contributed by atoms with Crippen LogP contribution in [0.5, 0.6) is 0 Å². The smallest absolute Gasteiger partial charge is 0.320 e. The summed E-state index contributed by atoms with van der Waals surface area (Å²) in [4.78, 5) is 11.8. The summed E-state index contributed by atoms with van der Waals surface area (Å²) in [7, 11) is 0. The predicted octanol–water partition coefficient (Wildman–Crippen LogP) is 2.38. The lowest BCUT2D eigenvalue weighted by atomic mass is 9.98. The quantitative estimate of drug-likeness (QED) is 0.295. The average Bonchev–Trinajstić information content (AvgIpc) is 2.40. The van der Waals surface area contributed by atoms with Crippen molar-refractivity contribution < 1.29 is 10.0 Å². The fourth-order valence-electron chi connectivity index (χ4n) is 1.39. The molecule has 0 radical (unpaired) electrons. The Balaban J connectivity index is 2.71. The van der Waals surface area contributed by atoms with Crippen LogP contribution in [0, 0.1) is 0 Å². The number of halogens is 1. The standard InChI is InChI=1S/C12H17ClN4O2/c1-3-12(2,10(14)17-19)16-11(18)15-9-6-4-8(13)5-7-9/h4-7,19H,3H2,1-2H3,(H2,14,17)(H2,15,16,18). The third-order valence-electron chi connectivity index (χ3n) is 2.87. The molecule has 5 N–H and O–H groups in total. The van der Waals surface area contributed by atoms with Gasteiger partial charge >= 0.3 is 6.03 Å². The van der Waals surface area contributed by atoms with E-state index in [2.05, 4.69) is 15.8 Å². The number of nitrogens with zero attached hydrogens (tertiary/aromatic N) is 1. The minimum Gasteiger partial charge on any atom is -0.409 e. The lowest BCUT2D eigenvalue weighted by molar-refractivity contribution is 0.244. The fourth-order valence-corrected chi connectivity index (χ4v) is 1.52. The van der Waals surface area contributed by atoms with Gasteiger partial charge in [-0.1, -0.05) is 23.7 Å². The molecule has 0 heterocycles. The zero-order valence-corrected chi connectivity index (χ0v) is 11.5. The molecule has 7 heteroatoms. The number of hydrogen-bond acceptors (Lipinski definition) is 3. The molecule has 6 nitrogen and oxygen atoms in total. The Morgan fingerprint density at radius 2 is 2.05 bits per heavy atom. The second-order valence-electron chi connectivity index (χ2n) is 4.26. The van der Waals surface area contributed by atoms with Gasteiger partial charge < -0.3 is 21.6 Å². The summed E-state index contributed by atoms with van der Waals surface area (Å²) in [5, 5.41) is 17.5. The van der Waals surface area contributed by atoms with E-state index >= 15 is 0 Å². The van der Waals surface area contributed by atoms with Crippen LogP contribution in [0.1, 0.15) is 20.3 Å². The average molecular weight is 285 g/mol. The molecule has 0 spiro atoms. The lowest BCUT2D eigenvalue weighted by Crippen LogP contribution is -2.56. The van der Waals surface area contributed by atoms with Crippen LogP contribution in [-0.2, 0) is 0 Å². The summed E-state index contributed by atoms with van der Waals surface area (Å²) in [5.41, 5.74) is 5.25. The summed E-state index contributed by atoms with van der Waals surface area (Å²) >= 11 is 5.75. The predicted molar refractivity (Wildman–Crippen MR) is 75.7 cm³/mol. The third-order valence-corrected chi connectivity index (χ3v) is 3.12. The first-order valence-electron chi connectivity index (χ1n) is 5.74. The molecule has 0 bridgehead atoms. The van der Waals surface area contributed by atoms with E-state index in [1.807, 2.05) is 6.92 Å². The molecule has 1 rings (SSSR count). The van der Waals surface area contributed by atoms with Crippen molar-refractivity contribution in [1.29, 1.82) is 0 Å². The Labute approximate surface area is 116 Å². The minimum absolute atomic E-state index is 0.0544. The Hall–Kier alpha value is -1.95. The monoisotopic (exact) mass is 284 g/mol. The second kappa shape index (κ2) is 6.29. The molecular weight excluding hydrogens is 268 g/mol. The van der Waals surface area contributed by atoms with E-state index in [0.717, 1.165) is 0 Å². The van der Waals surface area contributed by atoms with Crippen molar-refractivity contribution in [3.63, 3.8) is 0 Å². The zero-order chi connectivity index (χ0) is 14.5. The van der Waals surface area contributed by atoms with Gasteiger partial charge in [0.1, 0.15) is 0 Å². The van der Waals surface area contributed by atoms with E-state index in [9.17, 15) is 4.79 Å². The number of hydrogen-bond donors (Lipinski definition) is 4. The summed E-state index contributed by atoms with van der Waals surface area (Å²) in [5.74, 6) is -0.0544. The van der Waals surface area contributed by atoms with Crippen LogP contribution in [0.3, 0.4) is 0 Å². The number of nitrogens with one attached hydrogen (secondary N) is 2. The summed E-state index contributed by atoms with van der Waals surface area (Å²) in [6.07, 6.45) is 0.483. The maximum absolute atomic E-state index is 11.8. The highest BCUT2D eigenvalue weighted by Gasteiger charge is 2.29. The highest BCUT2D eigenvalue weighted by Crippen LogP contribution is 2.14. The van der Waals surface area contributed by atoms with Crippen molar-refractivity contribution in [2.45, 2.75) is 25.8 Å². The van der Waals surface area contributed by atoms with Crippen LogP contribution >= 0.6 is 11.6 Å². The molecule has 0 aliphatic rings. The van der Waals surface area contributed by atoms with Gasteiger partial charge in [0.2, 0.25) is 0 Å². The van der Waals surface area contributed by atoms with E-state index in [1.165, 1.54) is 0 Å². The van der Waals surface area contributed by atoms with Crippen molar-refractivity contribution in [2.75, 3.05) is 5.32 Å². The first-order chi connectivity index (χ1) is 8.91. The first-order valence-corrected chi connectivity index (χ1v) is 6.12. The second-order valence-corrected chi connectivity index (χ2v) is 4.69. The van der Waals surface area contributed by atoms with Gasteiger partial charge in [-0.05, 0) is 37.6 Å². The topological polar surface area (TPSA) is 99.7 Å². The van der Waals surface area contributed by atoms with E-state index in [4.69, 9.17) is 22.5 Å². The maximum atomic E-state index is 11.8. The Bertz CT molecular complexity index is 475. The molecule has 104 valence electrons. The molecule has 1 unspecified atom stereocenters. The van der Waals surface area contributed by atoms with Crippen LogP contribution < -0.4 is 16.4 Å². The number of urea groups is 1. The van der Waals surface area contributed by atoms with Crippen molar-refractivity contribution in [1.82, 2.24) is 5.32 Å². The number of amides is 2. The molecule has 2 amide bonds. The molecule has 0 aliphatic carbocycles. The number of nitrogens with two attached hydrogens (primary N) is 1. The van der Waals surface area contributed by atoms with Crippen LogP contribution in [0.15, 0.2) is 29.4 Å². The molecule has 1 aromatic rings. The number of anilines is 1. The first kappa shape index (κ1) is 15.1. The molecule has 0 saturated carbocycles. The van der Waals surface area contributed by atoms with Gasteiger partial charge in [0, 0.05) is 10.7 Å². The van der Waals surface area contributed by atoms with Crippen molar-refractivity contribution in [2.24, 2.45) is 10.9 Å². The highest BCUT2D eigenvalue weighted by molar-refractivity contribution is 6.30. The largest absolute Gasteiger partial charge is 0.409 e. The summed E-state index contributed by atoms with van der Waals surface area (Å²) in [6.45, 7) is 3.49. The SMILES string of the molecule is CCC(C)(NC(=O)Nc1ccc(Cl)cc1)/C(N)=N/O. The lowest BCUT2D eigenvalue weighted by Gasteiger charge is -2.28. The minimum atomic E-state index is -0.911. The van der Waals surface area contributed by atoms with Gasteiger partial charge in [0.15, 0.2) is 5.84 Å². The van der Waals surface area contributed by atoms with Crippen LogP contribution in [0.25, 0.3) is 0 Å². The summed E-state index contributed by atoms with van der Waals surface area (Å²) < 4.78 is 0. The van der Waals surface area contributed by atoms with Gasteiger partial charge in [0.05, 0.1) is 5.54 Å². The Morgan fingerprint density at radius 1 is 1.47 bits per heavy atom. The van der Waals surface area contributed by atoms with Crippen molar-refractivity contribution in [3.05, 3.63) is 29.3 Å². The number of carbonyl (C=O) groups excluding carboxylic acids is 1. The fraction of sp³-hybridized carbons (Fsp3) is 0.333. The summed E-state index contributed by atoms with van der Waals surface area (Å²) in [6, 6.07) is 6.24. The molecule has 0 aliphatic heterocycles. The number of rotatable bonds is 4. The van der Waals surface area contributed by atoms with E-state index in [0.29, 0.717) is 17.1 Å². The molecule has 0 saturated heterocycles. The molecule has 0 fully saturated rings. The molecular formula is C12H17ClN4O2. The van der Waals surface area contributed by atoms with E-state index < -0.39 is 11.6 Å². The Kier molecular flexibility index (Phi) is 5.00. The third kappa shape index (κ3) is 4.03. The number of carbonyl (C=O) groups is 1. The Morgan fingerprint density at radius 3 is 2.53 bits per heavy atom. The van der Waals surface area contributed by atoms with Crippen LogP contribution in [0.2, 0.25) is 5.02 Å². The molecule has 1 atom stereocenters. The van der Waals surface area contributed by atoms with Crippen LogP contribution in [0.4, 0.5) is 10.5 Å². The van der Waals surface area contributed by atoms with Crippen LogP contribution in [-0.4, -0.2) is 22.6 Å². The van der Waals surface area contributed by atoms with Gasteiger partial charge in [-0.25, -0.2) is 4.79 Å². The van der Waals surface area contributed by atoms with Crippen molar-refractivity contribution in [3.8, 4) is 0 Å².